The van der Waals surface area contributed by atoms with Gasteiger partial charge in [0.2, 0.25) is 17.7 Å². The van der Waals surface area contributed by atoms with Crippen LogP contribution in [0.5, 0.6) is 28.7 Å². The van der Waals surface area contributed by atoms with E-state index >= 15 is 0 Å². The normalized spacial score (nSPS) is 16.4. The SMILES string of the molecule is COc1ccc(C2=CN3C(=O)c4cc(OC)c(OCCCOc5cc6c(cc5OC)C(=O)N5C=C(c7ccc(NC(=O)OCc8ccc(NC(=O)[C@H](CCCNC(N)=O)NC(=O)[C@@H](NC(=O)CCCCCN9C(=O)C=CC9=O)C(C)C)cc8)cc7)C[C@H]5C=N6)cc4N=C[C@@H]3C2)cc1. The molecule has 4 atom stereocenters. The summed E-state index contributed by atoms with van der Waals surface area (Å²) in [6.45, 7) is 4.28. The number of fused-ring (bicyclic) bond motifs is 4. The Morgan fingerprint density at radius 3 is 1.69 bits per heavy atom. The lowest BCUT2D eigenvalue weighted by Gasteiger charge is -2.25. The van der Waals surface area contributed by atoms with Crippen molar-refractivity contribution in [3.05, 3.63) is 149 Å². The second kappa shape index (κ2) is 31.7. The molecular formula is C71H77N11O15. The van der Waals surface area contributed by atoms with E-state index in [2.05, 4.69) is 26.6 Å². The fraction of sp³-hybridized carbons (Fsp3) is 0.338. The lowest BCUT2D eigenvalue weighted by atomic mass is 10.0. The molecule has 5 aromatic rings. The van der Waals surface area contributed by atoms with Gasteiger partial charge in [-0.2, -0.15) is 0 Å². The Bertz CT molecular complexity index is 3960. The molecule has 7 N–H and O–H groups in total. The molecule has 0 saturated carbocycles. The second-order valence-corrected chi connectivity index (χ2v) is 23.9. The van der Waals surface area contributed by atoms with Crippen LogP contribution in [0.25, 0.3) is 11.1 Å². The molecule has 0 bridgehead atoms. The molecule has 5 aromatic carbocycles. The molecule has 0 fully saturated rings. The number of unbranched alkanes of at least 4 members (excludes halogenated alkanes) is 2. The van der Waals surface area contributed by atoms with Crippen LogP contribution in [0.1, 0.15) is 109 Å². The van der Waals surface area contributed by atoms with Gasteiger partial charge in [-0.15, -0.1) is 0 Å². The number of methoxy groups -OCH3 is 3. The number of aliphatic imine (C=N–C) groups is 2. The third-order valence-electron chi connectivity index (χ3n) is 16.8. The summed E-state index contributed by atoms with van der Waals surface area (Å²) in [6.07, 6.45) is 12.5. The molecule has 26 nitrogen and oxygen atoms in total. The zero-order valence-electron chi connectivity index (χ0n) is 54.4. The molecule has 0 radical (unpaired) electrons. The predicted octanol–water partition coefficient (Wildman–Crippen LogP) is 8.75. The summed E-state index contributed by atoms with van der Waals surface area (Å²) < 4.78 is 34.5. The van der Waals surface area contributed by atoms with Gasteiger partial charge in [-0.25, -0.2) is 9.59 Å². The van der Waals surface area contributed by atoms with Crippen LogP contribution in [0, 0.1) is 5.92 Å². The van der Waals surface area contributed by atoms with Crippen LogP contribution in [0.15, 0.2) is 132 Å². The Morgan fingerprint density at radius 2 is 1.15 bits per heavy atom. The number of anilines is 2. The number of primary amides is 1. The first-order chi connectivity index (χ1) is 46.9. The Morgan fingerprint density at radius 1 is 0.608 bits per heavy atom. The maximum atomic E-state index is 14.2. The van der Waals surface area contributed by atoms with Crippen molar-refractivity contribution in [2.75, 3.05) is 58.3 Å². The van der Waals surface area contributed by atoms with Crippen molar-refractivity contribution in [1.82, 2.24) is 30.7 Å². The largest absolute Gasteiger partial charge is 0.497 e. The molecule has 5 aliphatic heterocycles. The predicted molar refractivity (Wildman–Crippen MR) is 361 cm³/mol. The monoisotopic (exact) mass is 1320 g/mol. The number of hydrogen-bond acceptors (Lipinski definition) is 17. The number of carbonyl (C=O) groups excluding carboxylic acids is 9. The molecule has 26 heteroatoms. The van der Waals surface area contributed by atoms with Crippen LogP contribution in [-0.4, -0.2) is 152 Å². The van der Waals surface area contributed by atoms with E-state index in [1.807, 2.05) is 42.6 Å². The molecule has 97 heavy (non-hydrogen) atoms. The number of benzene rings is 5. The number of hydrogen-bond donors (Lipinski definition) is 6. The zero-order valence-corrected chi connectivity index (χ0v) is 54.4. The van der Waals surface area contributed by atoms with E-state index < -0.39 is 36.0 Å². The zero-order chi connectivity index (χ0) is 68.7. The van der Waals surface area contributed by atoms with Crippen LogP contribution in [0.4, 0.5) is 32.3 Å². The Kier molecular flexibility index (Phi) is 22.4. The Balaban J connectivity index is 0.666. The fourth-order valence-corrected chi connectivity index (χ4v) is 11.6. The van der Waals surface area contributed by atoms with Gasteiger partial charge < -0.3 is 65.2 Å². The van der Waals surface area contributed by atoms with Crippen LogP contribution >= 0.6 is 0 Å². The van der Waals surface area contributed by atoms with Crippen molar-refractivity contribution in [3.63, 3.8) is 0 Å². The van der Waals surface area contributed by atoms with E-state index in [-0.39, 0.29) is 99.7 Å². The molecule has 0 saturated heterocycles. The summed E-state index contributed by atoms with van der Waals surface area (Å²) in [7, 11) is 4.64. The van der Waals surface area contributed by atoms with E-state index in [1.165, 1.54) is 26.4 Å². The van der Waals surface area contributed by atoms with Gasteiger partial charge in [-0.3, -0.25) is 53.8 Å². The van der Waals surface area contributed by atoms with Crippen LogP contribution in [0.2, 0.25) is 0 Å². The van der Waals surface area contributed by atoms with Crippen molar-refractivity contribution < 1.29 is 71.6 Å². The highest BCUT2D eigenvalue weighted by Gasteiger charge is 2.36. The highest BCUT2D eigenvalue weighted by molar-refractivity contribution is 6.13. The van der Waals surface area contributed by atoms with Crippen LogP contribution in [-0.2, 0) is 35.3 Å². The van der Waals surface area contributed by atoms with E-state index in [0.717, 1.165) is 32.9 Å². The summed E-state index contributed by atoms with van der Waals surface area (Å²) >= 11 is 0. The molecule has 0 aliphatic carbocycles. The smallest absolute Gasteiger partial charge is 0.411 e. The third-order valence-corrected chi connectivity index (χ3v) is 16.8. The highest BCUT2D eigenvalue weighted by Crippen LogP contribution is 2.42. The van der Waals surface area contributed by atoms with Crippen molar-refractivity contribution >= 4 is 99.8 Å². The lowest BCUT2D eigenvalue weighted by molar-refractivity contribution is -0.137. The minimum Gasteiger partial charge on any atom is -0.497 e. The van der Waals surface area contributed by atoms with E-state index in [4.69, 9.17) is 44.1 Å². The number of rotatable bonds is 30. The number of amides is 10. The molecule has 0 spiro atoms. The van der Waals surface area contributed by atoms with E-state index in [0.29, 0.717) is 101 Å². The minimum atomic E-state index is -1.07. The first kappa shape index (κ1) is 68.5. The lowest BCUT2D eigenvalue weighted by Crippen LogP contribution is -2.54. The van der Waals surface area contributed by atoms with Gasteiger partial charge in [0.1, 0.15) is 24.4 Å². The number of urea groups is 1. The highest BCUT2D eigenvalue weighted by atomic mass is 16.5. The number of nitrogens with two attached hydrogens (primary N) is 1. The first-order valence-electron chi connectivity index (χ1n) is 32.0. The van der Waals surface area contributed by atoms with Gasteiger partial charge in [0.05, 0.1) is 69.1 Å². The molecule has 506 valence electrons. The molecule has 0 aromatic heterocycles. The van der Waals surface area contributed by atoms with Gasteiger partial charge in [-0.1, -0.05) is 56.7 Å². The van der Waals surface area contributed by atoms with Gasteiger partial charge >= 0.3 is 12.1 Å². The number of nitrogens with zero attached hydrogens (tertiary/aromatic N) is 5. The van der Waals surface area contributed by atoms with E-state index in [1.54, 1.807) is 110 Å². The number of ether oxygens (including phenoxy) is 6. The molecule has 5 heterocycles. The Hall–Kier alpha value is -11.3. The van der Waals surface area contributed by atoms with Gasteiger partial charge in [0.15, 0.2) is 23.0 Å². The van der Waals surface area contributed by atoms with Gasteiger partial charge in [0, 0.05) is 99.3 Å². The molecule has 10 rings (SSSR count). The van der Waals surface area contributed by atoms with Crippen LogP contribution in [0.3, 0.4) is 0 Å². The third kappa shape index (κ3) is 17.2. The maximum absolute atomic E-state index is 14.2. The topological polar surface area (TPSA) is 330 Å². The first-order valence-corrected chi connectivity index (χ1v) is 32.0. The molecule has 5 aliphatic rings. The van der Waals surface area contributed by atoms with Crippen molar-refractivity contribution in [2.24, 2.45) is 21.6 Å². The summed E-state index contributed by atoms with van der Waals surface area (Å²) in [5, 5.41) is 13.5. The standard InChI is InChI=1S/C71H77N11O15/c1-42(2)65(79-62(83)12-7-6-8-28-80-63(84)25-26-64(80)85)67(87)78-55(11-9-27-73-70(72)90)66(86)76-48-19-13-43(14-20-48)41-97-71(91)77-49-21-15-44(16-22-49)46-31-50-37-74-56-35-60(58(93-4)33-53(56)68(88)81(50)39-46)95-29-10-30-96-61-36-57-54(34-59(61)94-5)69(89)82-40-47(32-51(82)38-75-57)45-17-23-52(92-3)24-18-45/h13-26,33-40,42,50-51,55,65H,6-12,27-32,41H2,1-5H3,(H,76,86)(H,77,91)(H,78,87)(H,79,83)(H3,72,73,90)/t50-,51-,55-,65-/m0/s1. The van der Waals surface area contributed by atoms with Gasteiger partial charge in [-0.05, 0) is 108 Å². The second-order valence-electron chi connectivity index (χ2n) is 23.9. The average molecular weight is 1320 g/mol. The summed E-state index contributed by atoms with van der Waals surface area (Å²) in [6, 6.07) is 24.7. The Labute approximate surface area is 560 Å². The van der Waals surface area contributed by atoms with E-state index in [9.17, 15) is 43.2 Å². The number of imide groups is 1. The number of carbonyl (C=O) groups is 9. The minimum absolute atomic E-state index is 0.104. The fourth-order valence-electron chi connectivity index (χ4n) is 11.6. The molecule has 0 unspecified atom stereocenters. The maximum Gasteiger partial charge on any atom is 0.411 e. The molecule has 10 amide bonds. The van der Waals surface area contributed by atoms with Crippen molar-refractivity contribution in [2.45, 2.75) is 102 Å². The summed E-state index contributed by atoms with van der Waals surface area (Å²) in [5.41, 5.74) is 12.1. The summed E-state index contributed by atoms with van der Waals surface area (Å²) in [5.74, 6) is -0.716. The van der Waals surface area contributed by atoms with Crippen LogP contribution < -0.4 is 56.0 Å². The summed E-state index contributed by atoms with van der Waals surface area (Å²) in [4.78, 5) is 130. The van der Waals surface area contributed by atoms with Gasteiger partial charge in [0.25, 0.3) is 23.6 Å². The van der Waals surface area contributed by atoms with Crippen molar-refractivity contribution in [1.29, 1.82) is 0 Å². The average Bonchev–Trinajstić information content (AvgIpc) is 1.65. The number of nitrogens with one attached hydrogen (secondary N) is 5. The molecular weight excluding hydrogens is 1250 g/mol. The quantitative estimate of drug-likeness (QED) is 0.0185. The van der Waals surface area contributed by atoms with Crippen molar-refractivity contribution in [3.8, 4) is 28.7 Å².